The van der Waals surface area contributed by atoms with Crippen LogP contribution in [0.25, 0.3) is 11.1 Å². The minimum absolute atomic E-state index is 0.0437. The van der Waals surface area contributed by atoms with E-state index in [-0.39, 0.29) is 17.5 Å². The molecule has 3 aliphatic rings. The number of rotatable bonds is 4. The fraction of sp³-hybridized carbons (Fsp3) is 0.500. The van der Waals surface area contributed by atoms with E-state index in [4.69, 9.17) is 9.84 Å². The molecule has 1 amide bonds. The molecular weight excluding hydrogens is 510 g/mol. The maximum absolute atomic E-state index is 14.5. The molecule has 0 atom stereocenters. The van der Waals surface area contributed by atoms with Crippen molar-refractivity contribution in [3.05, 3.63) is 64.3 Å². The SMILES string of the molecule is CC.CC(=O)N1CCc2c(c(N3CCCc4cc(-c5ccc(C)cc5)c(C(F)F)cc43)nn2C2CCOCC2)C1. The van der Waals surface area contributed by atoms with E-state index >= 15 is 0 Å². The lowest BCUT2D eigenvalue weighted by Gasteiger charge is -2.33. The lowest BCUT2D eigenvalue weighted by atomic mass is 9.91. The Labute approximate surface area is 235 Å². The predicted octanol–water partition coefficient (Wildman–Crippen LogP) is 7.16. The molecule has 0 unspecified atom stereocenters. The van der Waals surface area contributed by atoms with Gasteiger partial charge >= 0.3 is 0 Å². The van der Waals surface area contributed by atoms with Gasteiger partial charge in [-0.3, -0.25) is 9.48 Å². The molecule has 2 aromatic carbocycles. The van der Waals surface area contributed by atoms with Crippen LogP contribution in [0, 0.1) is 6.92 Å². The largest absolute Gasteiger partial charge is 0.381 e. The Morgan fingerprint density at radius 2 is 1.77 bits per heavy atom. The third kappa shape index (κ3) is 5.38. The van der Waals surface area contributed by atoms with Crippen LogP contribution in [-0.4, -0.2) is 46.9 Å². The zero-order valence-corrected chi connectivity index (χ0v) is 24.1. The first kappa shape index (κ1) is 28.3. The lowest BCUT2D eigenvalue weighted by molar-refractivity contribution is -0.129. The number of nitrogens with zero attached hydrogens (tertiary/aromatic N) is 4. The van der Waals surface area contributed by atoms with E-state index in [9.17, 15) is 13.6 Å². The lowest BCUT2D eigenvalue weighted by Crippen LogP contribution is -2.36. The molecule has 0 spiro atoms. The first-order chi connectivity index (χ1) is 19.4. The van der Waals surface area contributed by atoms with Gasteiger partial charge in [0.25, 0.3) is 6.43 Å². The van der Waals surface area contributed by atoms with Gasteiger partial charge in [-0.25, -0.2) is 8.78 Å². The van der Waals surface area contributed by atoms with Crippen molar-refractivity contribution in [3.8, 4) is 11.1 Å². The van der Waals surface area contributed by atoms with Crippen molar-refractivity contribution in [2.45, 2.75) is 78.8 Å². The summed E-state index contributed by atoms with van der Waals surface area (Å²) in [7, 11) is 0. The molecule has 6 rings (SSSR count). The minimum Gasteiger partial charge on any atom is -0.381 e. The molecule has 0 bridgehead atoms. The number of benzene rings is 2. The predicted molar refractivity (Wildman–Crippen MR) is 154 cm³/mol. The molecule has 1 fully saturated rings. The minimum atomic E-state index is -2.60. The number of hydrogen-bond donors (Lipinski definition) is 0. The number of amides is 1. The summed E-state index contributed by atoms with van der Waals surface area (Å²) in [6.07, 6.45) is 1.68. The maximum Gasteiger partial charge on any atom is 0.264 e. The van der Waals surface area contributed by atoms with Crippen LogP contribution in [0.4, 0.5) is 20.3 Å². The van der Waals surface area contributed by atoms with E-state index in [0.29, 0.717) is 38.4 Å². The van der Waals surface area contributed by atoms with E-state index in [1.54, 1.807) is 13.0 Å². The van der Waals surface area contributed by atoms with Crippen LogP contribution in [0.3, 0.4) is 0 Å². The van der Waals surface area contributed by atoms with Gasteiger partial charge in [0.05, 0.1) is 12.6 Å². The van der Waals surface area contributed by atoms with E-state index < -0.39 is 6.43 Å². The number of aromatic nitrogens is 2. The molecule has 0 radical (unpaired) electrons. The molecule has 0 aliphatic carbocycles. The van der Waals surface area contributed by atoms with E-state index in [1.807, 2.05) is 56.0 Å². The molecule has 6 nitrogen and oxygen atoms in total. The van der Waals surface area contributed by atoms with Gasteiger partial charge in [-0.15, -0.1) is 0 Å². The number of carbonyl (C=O) groups excluding carboxylic acids is 1. The molecule has 0 N–H and O–H groups in total. The van der Waals surface area contributed by atoms with Crippen LogP contribution >= 0.6 is 0 Å². The Morgan fingerprint density at radius 1 is 1.05 bits per heavy atom. The zero-order chi connectivity index (χ0) is 28.4. The number of alkyl halides is 2. The molecule has 0 saturated carbocycles. The van der Waals surface area contributed by atoms with E-state index in [0.717, 1.165) is 65.9 Å². The Kier molecular flexibility index (Phi) is 8.54. The monoisotopic (exact) mass is 550 g/mol. The smallest absolute Gasteiger partial charge is 0.264 e. The number of anilines is 2. The van der Waals surface area contributed by atoms with Crippen molar-refractivity contribution in [1.82, 2.24) is 14.7 Å². The van der Waals surface area contributed by atoms with Crippen LogP contribution in [0.2, 0.25) is 0 Å². The van der Waals surface area contributed by atoms with E-state index in [2.05, 4.69) is 9.58 Å². The number of carbonyl (C=O) groups is 1. The van der Waals surface area contributed by atoms with Gasteiger partial charge in [0.15, 0.2) is 5.82 Å². The molecule has 40 heavy (non-hydrogen) atoms. The summed E-state index contributed by atoms with van der Waals surface area (Å²) in [5.74, 6) is 0.851. The topological polar surface area (TPSA) is 50.6 Å². The second kappa shape index (κ2) is 12.1. The summed E-state index contributed by atoms with van der Waals surface area (Å²) in [6, 6.07) is 11.7. The van der Waals surface area contributed by atoms with Gasteiger partial charge in [-0.2, -0.15) is 5.10 Å². The van der Waals surface area contributed by atoms with Gasteiger partial charge in [0.2, 0.25) is 5.91 Å². The number of hydrogen-bond acceptors (Lipinski definition) is 4. The molecule has 1 saturated heterocycles. The normalized spacial score (nSPS) is 17.3. The Hall–Kier alpha value is -3.26. The molecule has 3 aromatic rings. The van der Waals surface area contributed by atoms with Crippen molar-refractivity contribution in [2.24, 2.45) is 0 Å². The third-order valence-corrected chi connectivity index (χ3v) is 8.27. The van der Waals surface area contributed by atoms with Crippen LogP contribution in [-0.2, 0) is 28.9 Å². The zero-order valence-electron chi connectivity index (χ0n) is 24.1. The quantitative estimate of drug-likeness (QED) is 0.346. The number of halogens is 2. The fourth-order valence-electron chi connectivity index (χ4n) is 6.18. The number of fused-ring (bicyclic) bond motifs is 2. The first-order valence-electron chi connectivity index (χ1n) is 14.6. The van der Waals surface area contributed by atoms with Crippen LogP contribution < -0.4 is 4.90 Å². The summed E-state index contributed by atoms with van der Waals surface area (Å²) < 4.78 is 36.7. The van der Waals surface area contributed by atoms with Crippen LogP contribution in [0.5, 0.6) is 0 Å². The standard InChI is InChI=1S/C30H34F2N4O2.C2H6/c1-19-5-7-21(8-6-19)24-16-22-4-3-12-35(28(22)17-25(24)29(31)32)30-26-18-34(20(2)37)13-9-27(26)36(33-30)23-10-14-38-15-11-23;1-2/h5-8,16-17,23,29H,3-4,9-15,18H2,1-2H3;1-2H3. The summed E-state index contributed by atoms with van der Waals surface area (Å²) in [6.45, 7) is 10.9. The molecule has 8 heteroatoms. The highest BCUT2D eigenvalue weighted by molar-refractivity contribution is 5.78. The second-order valence-electron chi connectivity index (χ2n) is 10.7. The summed E-state index contributed by atoms with van der Waals surface area (Å²) >= 11 is 0. The highest BCUT2D eigenvalue weighted by Crippen LogP contribution is 2.43. The Morgan fingerprint density at radius 3 is 2.45 bits per heavy atom. The van der Waals surface area contributed by atoms with Gasteiger partial charge in [-0.1, -0.05) is 43.7 Å². The maximum atomic E-state index is 14.5. The number of ether oxygens (including phenoxy) is 1. The highest BCUT2D eigenvalue weighted by atomic mass is 19.3. The average Bonchev–Trinajstić information content (AvgIpc) is 3.37. The van der Waals surface area contributed by atoms with Crippen LogP contribution in [0.15, 0.2) is 36.4 Å². The summed E-state index contributed by atoms with van der Waals surface area (Å²) in [5.41, 5.74) is 6.63. The van der Waals surface area contributed by atoms with Crippen molar-refractivity contribution in [3.63, 3.8) is 0 Å². The Bertz CT molecular complexity index is 1350. The summed E-state index contributed by atoms with van der Waals surface area (Å²) in [4.78, 5) is 16.3. The fourth-order valence-corrected chi connectivity index (χ4v) is 6.18. The van der Waals surface area contributed by atoms with Gasteiger partial charge in [0, 0.05) is 62.2 Å². The highest BCUT2D eigenvalue weighted by Gasteiger charge is 2.34. The van der Waals surface area contributed by atoms with Gasteiger partial charge < -0.3 is 14.5 Å². The van der Waals surface area contributed by atoms with Crippen molar-refractivity contribution in [1.29, 1.82) is 0 Å². The molecule has 1 aromatic heterocycles. The Balaban J connectivity index is 0.00000158. The van der Waals surface area contributed by atoms with Crippen molar-refractivity contribution in [2.75, 3.05) is 31.2 Å². The molecule has 4 heterocycles. The van der Waals surface area contributed by atoms with Gasteiger partial charge in [0.1, 0.15) is 0 Å². The summed E-state index contributed by atoms with van der Waals surface area (Å²) in [5, 5.41) is 5.16. The second-order valence-corrected chi connectivity index (χ2v) is 10.7. The van der Waals surface area contributed by atoms with E-state index in [1.165, 1.54) is 5.69 Å². The number of aryl methyl sites for hydroxylation is 2. The molecule has 3 aliphatic heterocycles. The van der Waals surface area contributed by atoms with Crippen molar-refractivity contribution >= 4 is 17.4 Å². The van der Waals surface area contributed by atoms with Crippen molar-refractivity contribution < 1.29 is 18.3 Å². The molecular formula is C32H40F2N4O2. The third-order valence-electron chi connectivity index (χ3n) is 8.27. The first-order valence-corrected chi connectivity index (χ1v) is 14.6. The van der Waals surface area contributed by atoms with Gasteiger partial charge in [-0.05, 0) is 61.4 Å². The molecule has 214 valence electrons. The van der Waals surface area contributed by atoms with Crippen LogP contribution in [0.1, 0.15) is 80.4 Å². The average molecular weight is 551 g/mol.